The monoisotopic (exact) mass is 271 g/mol. The maximum absolute atomic E-state index is 6.42. The smallest absolute Gasteiger partial charge is 0.0590 e. The van der Waals surface area contributed by atoms with Gasteiger partial charge in [0, 0.05) is 10.9 Å². The number of rotatable bonds is 2. The zero-order valence-corrected chi connectivity index (χ0v) is 12.4. The molecule has 1 nitrogen and oxygen atoms in total. The Morgan fingerprint density at radius 2 is 2.06 bits per heavy atom. The van der Waals surface area contributed by atoms with Gasteiger partial charge in [0.1, 0.15) is 0 Å². The summed E-state index contributed by atoms with van der Waals surface area (Å²) in [5.41, 5.74) is 7.58. The van der Waals surface area contributed by atoms with E-state index in [9.17, 15) is 0 Å². The van der Waals surface area contributed by atoms with E-state index in [2.05, 4.69) is 26.2 Å². The van der Waals surface area contributed by atoms with Crippen molar-refractivity contribution in [3.63, 3.8) is 0 Å². The van der Waals surface area contributed by atoms with Crippen molar-refractivity contribution in [2.24, 2.45) is 23.5 Å². The van der Waals surface area contributed by atoms with Crippen LogP contribution in [0.15, 0.2) is 5.38 Å². The molecular weight excluding hydrogens is 250 g/mol. The van der Waals surface area contributed by atoms with E-state index in [0.717, 1.165) is 16.9 Å². The van der Waals surface area contributed by atoms with Crippen molar-refractivity contribution in [3.8, 4) is 0 Å². The third kappa shape index (κ3) is 2.69. The second-order valence-electron chi connectivity index (χ2n) is 5.65. The number of aryl methyl sites for hydroxylation is 1. The lowest BCUT2D eigenvalue weighted by atomic mass is 9.73. The number of halogens is 1. The predicted octanol–water partition coefficient (Wildman–Crippen LogP) is 4.78. The van der Waals surface area contributed by atoms with Crippen LogP contribution in [-0.4, -0.2) is 0 Å². The fourth-order valence-electron chi connectivity index (χ4n) is 2.80. The van der Waals surface area contributed by atoms with Crippen LogP contribution in [0.2, 0.25) is 5.02 Å². The second kappa shape index (κ2) is 5.29. The topological polar surface area (TPSA) is 26.0 Å². The minimum atomic E-state index is 0.135. The van der Waals surface area contributed by atoms with E-state index in [1.54, 1.807) is 11.3 Å². The van der Waals surface area contributed by atoms with Crippen molar-refractivity contribution in [2.45, 2.75) is 46.1 Å². The van der Waals surface area contributed by atoms with E-state index in [0.29, 0.717) is 5.92 Å². The highest BCUT2D eigenvalue weighted by molar-refractivity contribution is 7.10. The summed E-state index contributed by atoms with van der Waals surface area (Å²) in [4.78, 5) is 1.19. The van der Waals surface area contributed by atoms with E-state index < -0.39 is 0 Å². The average molecular weight is 272 g/mol. The van der Waals surface area contributed by atoms with Gasteiger partial charge in [0.15, 0.2) is 0 Å². The molecule has 1 aliphatic carbocycles. The van der Waals surface area contributed by atoms with Gasteiger partial charge in [-0.2, -0.15) is 0 Å². The molecule has 96 valence electrons. The van der Waals surface area contributed by atoms with E-state index in [4.69, 9.17) is 17.3 Å². The molecule has 0 bridgehead atoms. The number of thiophene rings is 1. The molecule has 0 aliphatic heterocycles. The molecule has 1 aromatic rings. The zero-order valence-electron chi connectivity index (χ0n) is 10.9. The molecule has 1 saturated carbocycles. The molecule has 1 aliphatic rings. The Morgan fingerprint density at radius 1 is 1.35 bits per heavy atom. The van der Waals surface area contributed by atoms with Crippen LogP contribution in [-0.2, 0) is 0 Å². The maximum atomic E-state index is 6.42. The van der Waals surface area contributed by atoms with Crippen molar-refractivity contribution in [3.05, 3.63) is 20.8 Å². The van der Waals surface area contributed by atoms with Gasteiger partial charge in [0.05, 0.1) is 5.02 Å². The summed E-state index contributed by atoms with van der Waals surface area (Å²) < 4.78 is 0. The summed E-state index contributed by atoms with van der Waals surface area (Å²) in [5.74, 6) is 2.25. The Bertz CT molecular complexity index is 388. The van der Waals surface area contributed by atoms with Crippen molar-refractivity contribution < 1.29 is 0 Å². The summed E-state index contributed by atoms with van der Waals surface area (Å²) in [6.45, 7) is 6.76. The summed E-state index contributed by atoms with van der Waals surface area (Å²) >= 11 is 8.04. The Hall–Kier alpha value is -0.0500. The second-order valence-corrected chi connectivity index (χ2v) is 6.94. The zero-order chi connectivity index (χ0) is 12.6. The van der Waals surface area contributed by atoms with Crippen LogP contribution in [0.25, 0.3) is 0 Å². The van der Waals surface area contributed by atoms with Crippen LogP contribution in [0.3, 0.4) is 0 Å². The Morgan fingerprint density at radius 3 is 2.59 bits per heavy atom. The molecule has 1 heterocycles. The first kappa shape index (κ1) is 13.4. The van der Waals surface area contributed by atoms with E-state index in [-0.39, 0.29) is 6.04 Å². The van der Waals surface area contributed by atoms with Gasteiger partial charge in [-0.05, 0) is 48.5 Å². The Balaban J connectivity index is 2.10. The summed E-state index contributed by atoms with van der Waals surface area (Å²) in [6.07, 6.45) is 3.80. The van der Waals surface area contributed by atoms with Crippen LogP contribution in [0, 0.1) is 24.7 Å². The first-order valence-corrected chi connectivity index (χ1v) is 7.75. The van der Waals surface area contributed by atoms with Crippen LogP contribution < -0.4 is 5.73 Å². The van der Waals surface area contributed by atoms with Crippen molar-refractivity contribution in [1.82, 2.24) is 0 Å². The van der Waals surface area contributed by atoms with Crippen molar-refractivity contribution >= 4 is 22.9 Å². The normalized spacial score (nSPS) is 31.5. The summed E-state index contributed by atoms with van der Waals surface area (Å²) in [6, 6.07) is 0.135. The third-order valence-corrected chi connectivity index (χ3v) is 6.19. The first-order valence-electron chi connectivity index (χ1n) is 6.49. The quantitative estimate of drug-likeness (QED) is 0.823. The van der Waals surface area contributed by atoms with Gasteiger partial charge in [-0.15, -0.1) is 11.3 Å². The van der Waals surface area contributed by atoms with E-state index in [1.807, 2.05) is 0 Å². The van der Waals surface area contributed by atoms with Gasteiger partial charge < -0.3 is 5.73 Å². The minimum Gasteiger partial charge on any atom is -0.323 e. The van der Waals surface area contributed by atoms with Crippen LogP contribution in [0.5, 0.6) is 0 Å². The fourth-order valence-corrected chi connectivity index (χ4v) is 4.22. The van der Waals surface area contributed by atoms with Crippen LogP contribution in [0.1, 0.15) is 49.6 Å². The molecule has 0 spiro atoms. The molecular formula is C14H22ClNS. The molecule has 0 saturated heterocycles. The standard InChI is InChI=1S/C14H22ClNS/c1-8-4-5-11(6-9(8)2)13(16)14-12(15)10(3)7-17-14/h7-9,11,13H,4-6,16H2,1-3H3. The van der Waals surface area contributed by atoms with Gasteiger partial charge in [-0.3, -0.25) is 0 Å². The number of nitrogens with two attached hydrogens (primary N) is 1. The summed E-state index contributed by atoms with van der Waals surface area (Å²) in [5, 5.41) is 3.01. The van der Waals surface area contributed by atoms with Crippen molar-refractivity contribution in [1.29, 1.82) is 0 Å². The Kier molecular flexibility index (Phi) is 4.17. The molecule has 1 fully saturated rings. The number of hydrogen-bond acceptors (Lipinski definition) is 2. The molecule has 0 aromatic carbocycles. The first-order chi connectivity index (χ1) is 8.00. The van der Waals surface area contributed by atoms with Crippen LogP contribution >= 0.6 is 22.9 Å². The molecule has 2 N–H and O–H groups in total. The third-order valence-electron chi connectivity index (χ3n) is 4.37. The fraction of sp³-hybridized carbons (Fsp3) is 0.714. The highest BCUT2D eigenvalue weighted by Gasteiger charge is 2.30. The lowest BCUT2D eigenvalue weighted by Gasteiger charge is -2.35. The molecule has 2 rings (SSSR count). The minimum absolute atomic E-state index is 0.135. The molecule has 0 radical (unpaired) electrons. The van der Waals surface area contributed by atoms with E-state index >= 15 is 0 Å². The SMILES string of the molecule is Cc1csc(C(N)C2CCC(C)C(C)C2)c1Cl. The predicted molar refractivity (Wildman–Crippen MR) is 76.7 cm³/mol. The van der Waals surface area contributed by atoms with Gasteiger partial charge in [-0.25, -0.2) is 0 Å². The van der Waals surface area contributed by atoms with Gasteiger partial charge in [0.2, 0.25) is 0 Å². The number of hydrogen-bond donors (Lipinski definition) is 1. The Labute approximate surface area is 113 Å². The molecule has 4 unspecified atom stereocenters. The van der Waals surface area contributed by atoms with Crippen molar-refractivity contribution in [2.75, 3.05) is 0 Å². The summed E-state index contributed by atoms with van der Waals surface area (Å²) in [7, 11) is 0. The van der Waals surface area contributed by atoms with Gasteiger partial charge >= 0.3 is 0 Å². The lowest BCUT2D eigenvalue weighted by molar-refractivity contribution is 0.187. The molecule has 17 heavy (non-hydrogen) atoms. The molecule has 1 aromatic heterocycles. The van der Waals surface area contributed by atoms with Crippen LogP contribution in [0.4, 0.5) is 0 Å². The highest BCUT2D eigenvalue weighted by atomic mass is 35.5. The largest absolute Gasteiger partial charge is 0.323 e. The molecule has 0 amide bonds. The lowest BCUT2D eigenvalue weighted by Crippen LogP contribution is -2.29. The average Bonchev–Trinajstić information content (AvgIpc) is 2.63. The highest BCUT2D eigenvalue weighted by Crippen LogP contribution is 2.42. The molecule has 4 atom stereocenters. The van der Waals surface area contributed by atoms with Gasteiger partial charge in [0.25, 0.3) is 0 Å². The maximum Gasteiger partial charge on any atom is 0.0590 e. The molecule has 3 heteroatoms. The van der Waals surface area contributed by atoms with Gasteiger partial charge in [-0.1, -0.05) is 31.9 Å². The van der Waals surface area contributed by atoms with E-state index in [1.165, 1.54) is 29.7 Å².